The summed E-state index contributed by atoms with van der Waals surface area (Å²) in [4.78, 5) is 27.6. The van der Waals surface area contributed by atoms with E-state index < -0.39 is 0 Å². The molecule has 1 saturated carbocycles. The van der Waals surface area contributed by atoms with E-state index in [1.807, 2.05) is 18.2 Å². The van der Waals surface area contributed by atoms with E-state index in [1.54, 1.807) is 17.4 Å². The molecule has 5 nitrogen and oxygen atoms in total. The molecule has 1 aliphatic heterocycles. The third-order valence-electron chi connectivity index (χ3n) is 5.77. The first kappa shape index (κ1) is 19.2. The van der Waals surface area contributed by atoms with Crippen LogP contribution in [0.3, 0.4) is 0 Å². The van der Waals surface area contributed by atoms with Crippen molar-refractivity contribution in [2.24, 2.45) is 0 Å². The van der Waals surface area contributed by atoms with Gasteiger partial charge in [0.25, 0.3) is 5.91 Å². The molecule has 2 amide bonds. The molecule has 0 radical (unpaired) electrons. The number of carbonyl (C=O) groups is 2. The molecule has 1 unspecified atom stereocenters. The van der Waals surface area contributed by atoms with E-state index in [0.29, 0.717) is 23.8 Å². The van der Waals surface area contributed by atoms with Gasteiger partial charge in [-0.3, -0.25) is 14.5 Å². The van der Waals surface area contributed by atoms with Crippen molar-refractivity contribution in [2.75, 3.05) is 18.4 Å². The molecule has 1 aliphatic carbocycles. The maximum atomic E-state index is 12.7. The predicted octanol–water partition coefficient (Wildman–Crippen LogP) is 4.20. The van der Waals surface area contributed by atoms with Crippen molar-refractivity contribution in [1.82, 2.24) is 10.2 Å². The average molecular weight is 398 g/mol. The van der Waals surface area contributed by atoms with E-state index in [9.17, 15) is 9.59 Å². The fraction of sp³-hybridized carbons (Fsp3) is 0.455. The van der Waals surface area contributed by atoms with E-state index in [-0.39, 0.29) is 17.9 Å². The Morgan fingerprint density at radius 3 is 2.68 bits per heavy atom. The number of amides is 2. The Bertz CT molecular complexity index is 815. The van der Waals surface area contributed by atoms with E-state index in [1.165, 1.54) is 18.4 Å². The number of nitrogens with zero attached hydrogens (tertiary/aromatic N) is 1. The Morgan fingerprint density at radius 2 is 1.89 bits per heavy atom. The number of para-hydroxylation sites is 1. The molecule has 28 heavy (non-hydrogen) atoms. The number of nitrogens with one attached hydrogen (secondary N) is 2. The van der Waals surface area contributed by atoms with Gasteiger partial charge in [-0.05, 0) is 66.8 Å². The SMILES string of the molecule is O=C(CN1CCCC1c1ccsc1)Nc1ccccc1C(=O)NC1CCCC1. The van der Waals surface area contributed by atoms with Gasteiger partial charge in [-0.25, -0.2) is 0 Å². The molecule has 0 bridgehead atoms. The number of thiophene rings is 1. The van der Waals surface area contributed by atoms with Crippen LogP contribution < -0.4 is 10.6 Å². The summed E-state index contributed by atoms with van der Waals surface area (Å²) < 4.78 is 0. The Kier molecular flexibility index (Phi) is 6.07. The topological polar surface area (TPSA) is 61.4 Å². The van der Waals surface area contributed by atoms with Crippen LogP contribution in [-0.2, 0) is 4.79 Å². The van der Waals surface area contributed by atoms with E-state index >= 15 is 0 Å². The predicted molar refractivity (Wildman–Crippen MR) is 113 cm³/mol. The molecular weight excluding hydrogens is 370 g/mol. The zero-order valence-corrected chi connectivity index (χ0v) is 16.8. The third-order valence-corrected chi connectivity index (χ3v) is 6.48. The van der Waals surface area contributed by atoms with Gasteiger partial charge in [0, 0.05) is 12.1 Å². The lowest BCUT2D eigenvalue weighted by Gasteiger charge is -2.23. The largest absolute Gasteiger partial charge is 0.349 e. The maximum Gasteiger partial charge on any atom is 0.253 e. The van der Waals surface area contributed by atoms with Gasteiger partial charge in [0.1, 0.15) is 0 Å². The smallest absolute Gasteiger partial charge is 0.253 e. The fourth-order valence-electron chi connectivity index (χ4n) is 4.36. The van der Waals surface area contributed by atoms with Crippen LogP contribution in [0.25, 0.3) is 0 Å². The molecule has 0 spiro atoms. The number of hydrogen-bond acceptors (Lipinski definition) is 4. The van der Waals surface area contributed by atoms with Crippen LogP contribution in [0.15, 0.2) is 41.1 Å². The van der Waals surface area contributed by atoms with E-state index in [4.69, 9.17) is 0 Å². The van der Waals surface area contributed by atoms with Crippen LogP contribution in [0.2, 0.25) is 0 Å². The second-order valence-electron chi connectivity index (χ2n) is 7.73. The number of carbonyl (C=O) groups excluding carboxylic acids is 2. The minimum absolute atomic E-state index is 0.0664. The van der Waals surface area contributed by atoms with E-state index in [2.05, 4.69) is 32.4 Å². The summed E-state index contributed by atoms with van der Waals surface area (Å²) in [5.74, 6) is -0.164. The van der Waals surface area contributed by atoms with Crippen molar-refractivity contribution in [3.8, 4) is 0 Å². The maximum absolute atomic E-state index is 12.7. The first-order chi connectivity index (χ1) is 13.7. The summed E-state index contributed by atoms with van der Waals surface area (Å²) in [6.07, 6.45) is 6.62. The molecule has 2 aliphatic rings. The van der Waals surface area contributed by atoms with E-state index in [0.717, 1.165) is 32.2 Å². The quantitative estimate of drug-likeness (QED) is 0.768. The van der Waals surface area contributed by atoms with Crippen LogP contribution in [0.1, 0.15) is 60.5 Å². The molecular formula is C22H27N3O2S. The Morgan fingerprint density at radius 1 is 1.07 bits per heavy atom. The van der Waals surface area contributed by atoms with Gasteiger partial charge in [-0.15, -0.1) is 0 Å². The average Bonchev–Trinajstić information content (AvgIpc) is 3.44. The van der Waals surface area contributed by atoms with Gasteiger partial charge in [-0.2, -0.15) is 11.3 Å². The highest BCUT2D eigenvalue weighted by atomic mass is 32.1. The van der Waals surface area contributed by atoms with Crippen molar-refractivity contribution in [2.45, 2.75) is 50.6 Å². The first-order valence-electron chi connectivity index (χ1n) is 10.2. The molecule has 6 heteroatoms. The first-order valence-corrected chi connectivity index (χ1v) is 11.1. The molecule has 148 valence electrons. The Labute approximate surface area is 170 Å². The summed E-state index contributed by atoms with van der Waals surface area (Å²) in [5.41, 5.74) is 2.43. The second kappa shape index (κ2) is 8.88. The molecule has 1 aromatic heterocycles. The molecule has 2 N–H and O–H groups in total. The minimum Gasteiger partial charge on any atom is -0.349 e. The van der Waals surface area contributed by atoms with Crippen LogP contribution in [0.4, 0.5) is 5.69 Å². The highest BCUT2D eigenvalue weighted by molar-refractivity contribution is 7.07. The van der Waals surface area contributed by atoms with Crippen molar-refractivity contribution in [1.29, 1.82) is 0 Å². The molecule has 2 fully saturated rings. The summed E-state index contributed by atoms with van der Waals surface area (Å²) >= 11 is 1.70. The van der Waals surface area contributed by atoms with Gasteiger partial charge in [0.05, 0.1) is 17.8 Å². The minimum atomic E-state index is -0.0971. The van der Waals surface area contributed by atoms with Gasteiger partial charge in [-0.1, -0.05) is 25.0 Å². The van der Waals surface area contributed by atoms with Crippen LogP contribution in [-0.4, -0.2) is 35.8 Å². The molecule has 1 saturated heterocycles. The lowest BCUT2D eigenvalue weighted by Crippen LogP contribution is -2.35. The lowest BCUT2D eigenvalue weighted by molar-refractivity contribution is -0.117. The van der Waals surface area contributed by atoms with Crippen molar-refractivity contribution in [3.63, 3.8) is 0 Å². The summed E-state index contributed by atoms with van der Waals surface area (Å²) in [6, 6.07) is 10.0. The monoisotopic (exact) mass is 397 g/mol. The zero-order valence-electron chi connectivity index (χ0n) is 16.0. The summed E-state index contributed by atoms with van der Waals surface area (Å²) in [7, 11) is 0. The number of anilines is 1. The number of rotatable bonds is 6. The van der Waals surface area contributed by atoms with Crippen molar-refractivity contribution < 1.29 is 9.59 Å². The molecule has 1 aromatic carbocycles. The van der Waals surface area contributed by atoms with Crippen molar-refractivity contribution >= 4 is 28.8 Å². The van der Waals surface area contributed by atoms with Crippen LogP contribution in [0.5, 0.6) is 0 Å². The Balaban J connectivity index is 1.39. The number of hydrogen-bond donors (Lipinski definition) is 2. The van der Waals surface area contributed by atoms with Gasteiger partial charge in [0.15, 0.2) is 0 Å². The third kappa shape index (κ3) is 4.45. The molecule has 2 aromatic rings. The molecule has 1 atom stereocenters. The highest BCUT2D eigenvalue weighted by Crippen LogP contribution is 2.32. The van der Waals surface area contributed by atoms with Crippen LogP contribution >= 0.6 is 11.3 Å². The van der Waals surface area contributed by atoms with Gasteiger partial charge >= 0.3 is 0 Å². The standard InChI is InChI=1S/C22H27N3O2S/c26-21(14-25-12-5-10-20(25)16-11-13-28-15-16)24-19-9-4-3-8-18(19)22(27)23-17-6-1-2-7-17/h3-4,8-9,11,13,15,17,20H,1-2,5-7,10,12,14H2,(H,23,27)(H,24,26). The van der Waals surface area contributed by atoms with Crippen molar-refractivity contribution in [3.05, 3.63) is 52.2 Å². The summed E-state index contributed by atoms with van der Waals surface area (Å²) in [6.45, 7) is 1.27. The number of benzene rings is 1. The zero-order chi connectivity index (χ0) is 19.3. The van der Waals surface area contributed by atoms with Gasteiger partial charge in [0.2, 0.25) is 5.91 Å². The highest BCUT2D eigenvalue weighted by Gasteiger charge is 2.28. The summed E-state index contributed by atoms with van der Waals surface area (Å²) in [5, 5.41) is 10.3. The second-order valence-corrected chi connectivity index (χ2v) is 8.51. The normalized spacial score (nSPS) is 20.4. The lowest BCUT2D eigenvalue weighted by atomic mass is 10.1. The fourth-order valence-corrected chi connectivity index (χ4v) is 5.06. The van der Waals surface area contributed by atoms with Crippen LogP contribution in [0, 0.1) is 0 Å². The number of likely N-dealkylation sites (tertiary alicyclic amines) is 1. The molecule has 4 rings (SSSR count). The Hall–Kier alpha value is -2.18. The van der Waals surface area contributed by atoms with Gasteiger partial charge < -0.3 is 10.6 Å². The molecule has 2 heterocycles.